The molecular weight excluding hydrogens is 516 g/mol. The summed E-state index contributed by atoms with van der Waals surface area (Å²) in [5.74, 6) is 2.36. The van der Waals surface area contributed by atoms with E-state index >= 15 is 0 Å². The van der Waals surface area contributed by atoms with Gasteiger partial charge in [-0.1, -0.05) is 20.8 Å². The number of nitrogens with zero attached hydrogens (tertiary/aromatic N) is 2. The lowest BCUT2D eigenvalue weighted by Crippen LogP contribution is -2.58. The molecule has 8 nitrogen and oxygen atoms in total. The van der Waals surface area contributed by atoms with E-state index in [0.29, 0.717) is 55.5 Å². The first-order valence-corrected chi connectivity index (χ1v) is 17.0. The zero-order valence-corrected chi connectivity index (χ0v) is 25.7. The quantitative estimate of drug-likeness (QED) is 0.343. The summed E-state index contributed by atoms with van der Waals surface area (Å²) in [5.41, 5.74) is 0.0786. The van der Waals surface area contributed by atoms with Gasteiger partial charge in [0.15, 0.2) is 0 Å². The number of carbonyl (C=O) groups excluding carboxylic acids is 1. The number of amides is 1. The highest BCUT2D eigenvalue weighted by molar-refractivity contribution is 7.85. The van der Waals surface area contributed by atoms with E-state index in [9.17, 15) is 28.0 Å². The van der Waals surface area contributed by atoms with Crippen LogP contribution in [0.15, 0.2) is 0 Å². The highest BCUT2D eigenvalue weighted by atomic mass is 32.2. The van der Waals surface area contributed by atoms with Gasteiger partial charge in [-0.15, -0.1) is 0 Å². The zero-order valence-electron chi connectivity index (χ0n) is 24.9. The van der Waals surface area contributed by atoms with E-state index in [1.165, 1.54) is 12.8 Å². The monoisotopic (exact) mass is 570 g/mol. The zero-order chi connectivity index (χ0) is 28.8. The first-order valence-electron chi connectivity index (χ1n) is 15.4. The molecule has 0 aromatic carbocycles. The summed E-state index contributed by atoms with van der Waals surface area (Å²) >= 11 is 0. The molecule has 0 bridgehead atoms. The molecule has 0 spiro atoms. The van der Waals surface area contributed by atoms with E-state index < -0.39 is 15.9 Å². The van der Waals surface area contributed by atoms with Gasteiger partial charge in [-0.2, -0.15) is 8.42 Å². The number of aliphatic hydroxyl groups is 2. The summed E-state index contributed by atoms with van der Waals surface area (Å²) in [5, 5.41) is 22.1. The van der Waals surface area contributed by atoms with Crippen molar-refractivity contribution in [1.82, 2.24) is 9.80 Å². The van der Waals surface area contributed by atoms with Crippen molar-refractivity contribution < 1.29 is 28.0 Å². The second-order valence-corrected chi connectivity index (χ2v) is 15.9. The summed E-state index contributed by atoms with van der Waals surface area (Å²) in [6, 6.07) is 0. The Labute approximate surface area is 236 Å². The largest absolute Gasteiger partial charge is 0.393 e. The molecule has 1 amide bonds. The highest BCUT2D eigenvalue weighted by Gasteiger charge is 2.63. The summed E-state index contributed by atoms with van der Waals surface area (Å²) in [6.07, 6.45) is 8.92. The molecule has 10 unspecified atom stereocenters. The lowest BCUT2D eigenvalue weighted by molar-refractivity contribution is -0.175. The molecule has 4 fully saturated rings. The van der Waals surface area contributed by atoms with Crippen molar-refractivity contribution in [2.45, 2.75) is 97.2 Å². The Hall–Kier alpha value is -0.740. The smallest absolute Gasteiger partial charge is 0.266 e. The molecule has 0 aromatic rings. The molecule has 0 heterocycles. The van der Waals surface area contributed by atoms with Gasteiger partial charge in [0.05, 0.1) is 18.0 Å². The fourth-order valence-corrected chi connectivity index (χ4v) is 10.2. The summed E-state index contributed by atoms with van der Waals surface area (Å²) in [6.45, 7) is 8.05. The number of rotatable bonds is 10. The Morgan fingerprint density at radius 1 is 0.974 bits per heavy atom. The van der Waals surface area contributed by atoms with Crippen LogP contribution in [0.4, 0.5) is 0 Å². The van der Waals surface area contributed by atoms with Gasteiger partial charge < -0.3 is 20.0 Å². The molecule has 3 N–H and O–H groups in total. The first-order chi connectivity index (χ1) is 18.2. The molecule has 0 aromatic heterocycles. The molecule has 0 saturated heterocycles. The number of aliphatic hydroxyl groups excluding tert-OH is 2. The third-order valence-corrected chi connectivity index (χ3v) is 12.8. The Bertz CT molecular complexity index is 974. The van der Waals surface area contributed by atoms with E-state index in [2.05, 4.69) is 20.8 Å². The van der Waals surface area contributed by atoms with Gasteiger partial charge in [0.2, 0.25) is 5.91 Å². The van der Waals surface area contributed by atoms with Crippen LogP contribution in [0.1, 0.15) is 85.0 Å². The van der Waals surface area contributed by atoms with Crippen molar-refractivity contribution in [3.8, 4) is 0 Å². The van der Waals surface area contributed by atoms with Gasteiger partial charge in [-0.25, -0.2) is 0 Å². The van der Waals surface area contributed by atoms with Crippen molar-refractivity contribution in [3.05, 3.63) is 0 Å². The van der Waals surface area contributed by atoms with Crippen molar-refractivity contribution in [2.75, 3.05) is 39.5 Å². The maximum Gasteiger partial charge on any atom is 0.266 e. The van der Waals surface area contributed by atoms with E-state index in [0.717, 1.165) is 38.5 Å². The molecular formula is C30H54N2O6S. The number of likely N-dealkylation sites (N-methyl/N-ethyl adjacent to an activating group) is 1. The van der Waals surface area contributed by atoms with Gasteiger partial charge >= 0.3 is 0 Å². The SMILES string of the molecule is CC(CCC(=O)N(CCN(C)C)CCS(=O)(=O)O)C1CCC2C3CCC4CC(O)CCC4(C)C3CC(O)C12C. The van der Waals surface area contributed by atoms with E-state index in [4.69, 9.17) is 0 Å². The average Bonchev–Trinajstić information content (AvgIpc) is 3.21. The Morgan fingerprint density at radius 2 is 1.69 bits per heavy atom. The van der Waals surface area contributed by atoms with Crippen LogP contribution in [0.5, 0.6) is 0 Å². The molecule has 4 rings (SSSR count). The third-order valence-electron chi connectivity index (χ3n) is 12.1. The standard InChI is InChI=1S/C30H54N2O6S/c1-20(6-11-28(35)32(15-14-31(4)5)16-17-39(36,37)38)24-9-10-25-23-8-7-21-18-22(33)12-13-29(21,2)26(23)19-27(34)30(24,25)3/h20-27,33-34H,6-19H2,1-5H3,(H,36,37,38). The van der Waals surface area contributed by atoms with E-state index in [-0.39, 0.29) is 41.4 Å². The topological polar surface area (TPSA) is 118 Å². The van der Waals surface area contributed by atoms with Crippen LogP contribution in [0.2, 0.25) is 0 Å². The van der Waals surface area contributed by atoms with Crippen LogP contribution < -0.4 is 0 Å². The predicted molar refractivity (Wildman–Crippen MR) is 153 cm³/mol. The minimum atomic E-state index is -4.14. The van der Waals surface area contributed by atoms with Gasteiger partial charge in [-0.05, 0) is 118 Å². The summed E-state index contributed by atoms with van der Waals surface area (Å²) < 4.78 is 31.9. The summed E-state index contributed by atoms with van der Waals surface area (Å²) in [7, 11) is -0.312. The Balaban J connectivity index is 1.41. The fraction of sp³-hybridized carbons (Fsp3) is 0.967. The fourth-order valence-electron chi connectivity index (χ4n) is 9.78. The number of carbonyl (C=O) groups is 1. The number of hydrogen-bond acceptors (Lipinski definition) is 6. The van der Waals surface area contributed by atoms with Crippen LogP contribution >= 0.6 is 0 Å². The van der Waals surface area contributed by atoms with Crippen LogP contribution in [0.25, 0.3) is 0 Å². The maximum atomic E-state index is 13.2. The minimum Gasteiger partial charge on any atom is -0.393 e. The van der Waals surface area contributed by atoms with Gasteiger partial charge in [0, 0.05) is 26.1 Å². The Morgan fingerprint density at radius 3 is 2.36 bits per heavy atom. The number of hydrogen-bond donors (Lipinski definition) is 3. The van der Waals surface area contributed by atoms with Crippen LogP contribution in [-0.2, 0) is 14.9 Å². The lowest BCUT2D eigenvalue weighted by Gasteiger charge is -2.62. The van der Waals surface area contributed by atoms with Crippen molar-refractivity contribution >= 4 is 16.0 Å². The van der Waals surface area contributed by atoms with Crippen molar-refractivity contribution in [2.24, 2.45) is 46.3 Å². The number of fused-ring (bicyclic) bond motifs is 5. The van der Waals surface area contributed by atoms with Crippen molar-refractivity contribution in [3.63, 3.8) is 0 Å². The Kier molecular flexibility index (Phi) is 9.49. The second-order valence-electron chi connectivity index (χ2n) is 14.4. The van der Waals surface area contributed by atoms with Gasteiger partial charge in [-0.3, -0.25) is 9.35 Å². The predicted octanol–water partition coefficient (Wildman–Crippen LogP) is 3.67. The molecule has 4 aliphatic carbocycles. The molecule has 39 heavy (non-hydrogen) atoms. The van der Waals surface area contributed by atoms with E-state index in [1.807, 2.05) is 19.0 Å². The summed E-state index contributed by atoms with van der Waals surface area (Å²) in [4.78, 5) is 16.7. The molecule has 226 valence electrons. The molecule has 0 radical (unpaired) electrons. The molecule has 9 heteroatoms. The molecule has 0 aliphatic heterocycles. The third kappa shape index (κ3) is 6.37. The highest BCUT2D eigenvalue weighted by Crippen LogP contribution is 2.68. The lowest BCUT2D eigenvalue weighted by atomic mass is 9.43. The first kappa shape index (κ1) is 31.2. The van der Waals surface area contributed by atoms with Gasteiger partial charge in [0.1, 0.15) is 0 Å². The van der Waals surface area contributed by atoms with Crippen LogP contribution in [0, 0.1) is 46.3 Å². The second kappa shape index (κ2) is 11.9. The minimum absolute atomic E-state index is 0.00166. The van der Waals surface area contributed by atoms with Crippen LogP contribution in [-0.4, -0.2) is 90.6 Å². The maximum absolute atomic E-state index is 13.2. The molecule has 4 aliphatic rings. The molecule has 4 saturated carbocycles. The molecule has 10 atom stereocenters. The van der Waals surface area contributed by atoms with Gasteiger partial charge in [0.25, 0.3) is 10.1 Å². The average molecular weight is 571 g/mol. The van der Waals surface area contributed by atoms with Crippen LogP contribution in [0.3, 0.4) is 0 Å². The normalized spacial score (nSPS) is 41.0. The van der Waals surface area contributed by atoms with Crippen molar-refractivity contribution in [1.29, 1.82) is 0 Å². The van der Waals surface area contributed by atoms with E-state index in [1.54, 1.807) is 4.90 Å².